The summed E-state index contributed by atoms with van der Waals surface area (Å²) in [6.45, 7) is 0. The van der Waals surface area contributed by atoms with E-state index in [4.69, 9.17) is 0 Å². The van der Waals surface area contributed by atoms with Crippen molar-refractivity contribution in [3.63, 3.8) is 0 Å². The molecule has 0 aliphatic rings. The van der Waals surface area contributed by atoms with Crippen molar-refractivity contribution < 1.29 is 148 Å². The van der Waals surface area contributed by atoms with Crippen LogP contribution in [0.5, 0.6) is 0 Å². The fourth-order valence-electron chi connectivity index (χ4n) is 0. The minimum absolute atomic E-state index is 0. The first-order valence-corrected chi connectivity index (χ1v) is 0. The van der Waals surface area contributed by atoms with Crippen LogP contribution in [0.2, 0.25) is 0 Å². The van der Waals surface area contributed by atoms with Gasteiger partial charge in [0.05, 0.1) is 0 Å². The van der Waals surface area contributed by atoms with Crippen LogP contribution >= 0.6 is 0 Å². The first kappa shape index (κ1) is 45.7. The molecular formula is I4Zr2. The van der Waals surface area contributed by atoms with Crippen LogP contribution in [0.3, 0.4) is 0 Å². The van der Waals surface area contributed by atoms with Gasteiger partial charge in [-0.1, -0.05) is 0 Å². The van der Waals surface area contributed by atoms with E-state index in [2.05, 4.69) is 0 Å². The molecule has 6 heavy (non-hydrogen) atoms. The Hall–Kier alpha value is 4.69. The van der Waals surface area contributed by atoms with Crippen LogP contribution in [0.1, 0.15) is 0 Å². The van der Waals surface area contributed by atoms with Gasteiger partial charge in [0.25, 0.3) is 0 Å². The Bertz CT molecular complexity index is 5.51. The van der Waals surface area contributed by atoms with Crippen molar-refractivity contribution in [2.45, 2.75) is 0 Å². The number of rotatable bonds is 0. The minimum Gasteiger partial charge on any atom is -1.00 e. The second kappa shape index (κ2) is 33.3. The molecule has 0 heterocycles. The first-order valence-electron chi connectivity index (χ1n) is 0. The van der Waals surface area contributed by atoms with Crippen LogP contribution in [0.4, 0.5) is 0 Å². The molecule has 0 unspecified atom stereocenters. The molecule has 6 heteroatoms. The Labute approximate surface area is 144 Å². The average Bonchev–Trinajstić information content (AvgIpc) is 0. The van der Waals surface area contributed by atoms with Gasteiger partial charge in [0.1, 0.15) is 0 Å². The van der Waals surface area contributed by atoms with E-state index in [1.54, 1.807) is 0 Å². The SMILES string of the molecule is [I-].[I-].[I-].[I-].[Zr+2].[Zr+2]. The van der Waals surface area contributed by atoms with Gasteiger partial charge in [-0.05, 0) is 0 Å². The van der Waals surface area contributed by atoms with Crippen molar-refractivity contribution in [3.05, 3.63) is 0 Å². The zero-order valence-electron chi connectivity index (χ0n) is 2.51. The third-order valence-corrected chi connectivity index (χ3v) is 0. The van der Waals surface area contributed by atoms with Crippen LogP contribution in [-0.4, -0.2) is 0 Å². The summed E-state index contributed by atoms with van der Waals surface area (Å²) in [5.41, 5.74) is 0. The quantitative estimate of drug-likeness (QED) is 0.222. The smallest absolute Gasteiger partial charge is 1.00 e. The van der Waals surface area contributed by atoms with Gasteiger partial charge in [-0.25, -0.2) is 0 Å². The number of hydrogen-bond acceptors (Lipinski definition) is 0. The fourth-order valence-corrected chi connectivity index (χ4v) is 0. The van der Waals surface area contributed by atoms with Crippen molar-refractivity contribution in [1.82, 2.24) is 0 Å². The second-order valence-corrected chi connectivity index (χ2v) is 0. The van der Waals surface area contributed by atoms with Crippen LogP contribution in [0.25, 0.3) is 0 Å². The van der Waals surface area contributed by atoms with Crippen LogP contribution in [0, 0.1) is 0 Å². The van der Waals surface area contributed by atoms with Crippen LogP contribution < -0.4 is 95.9 Å². The standard InChI is InChI=1S/4HI.2Zr/h4*1H;;/q;;;;2*+2/p-4. The van der Waals surface area contributed by atoms with Gasteiger partial charge in [-0.15, -0.1) is 0 Å². The second-order valence-electron chi connectivity index (χ2n) is 0. The average molecular weight is 690 g/mol. The molecule has 0 saturated carbocycles. The van der Waals surface area contributed by atoms with E-state index in [0.717, 1.165) is 0 Å². The molecule has 0 rings (SSSR count). The molecule has 0 atom stereocenters. The molecule has 0 aromatic heterocycles. The number of hydrogen-bond donors (Lipinski definition) is 0. The molecular weight excluding hydrogens is 690 g/mol. The minimum atomic E-state index is 0. The maximum atomic E-state index is 0. The maximum absolute atomic E-state index is 0. The third-order valence-electron chi connectivity index (χ3n) is 0. The number of halogens is 4. The Morgan fingerprint density at radius 2 is 0.333 bits per heavy atom. The first-order chi connectivity index (χ1) is 0. The van der Waals surface area contributed by atoms with Gasteiger partial charge < -0.3 is 95.9 Å². The zero-order valence-corrected chi connectivity index (χ0v) is 16.1. The van der Waals surface area contributed by atoms with Crippen LogP contribution in [0.15, 0.2) is 0 Å². The molecule has 36 valence electrons. The predicted molar refractivity (Wildman–Crippen MR) is 0 cm³/mol. The summed E-state index contributed by atoms with van der Waals surface area (Å²) < 4.78 is 0. The van der Waals surface area contributed by atoms with E-state index >= 15 is 0 Å². The van der Waals surface area contributed by atoms with Gasteiger partial charge in [0, 0.05) is 0 Å². The monoisotopic (exact) mass is 687 g/mol. The summed E-state index contributed by atoms with van der Waals surface area (Å²) >= 11 is 0. The van der Waals surface area contributed by atoms with Gasteiger partial charge in [-0.2, -0.15) is 0 Å². The Kier molecular flexibility index (Phi) is 253. The van der Waals surface area contributed by atoms with Crippen molar-refractivity contribution >= 4 is 0 Å². The third kappa shape index (κ3) is 23.4. The fraction of sp³-hybridized carbons (Fsp3) is 0. The molecule has 0 radical (unpaired) electrons. The molecule has 0 aliphatic carbocycles. The van der Waals surface area contributed by atoms with Gasteiger partial charge in [0.15, 0.2) is 0 Å². The molecule has 0 N–H and O–H groups in total. The summed E-state index contributed by atoms with van der Waals surface area (Å²) in [5.74, 6) is 0. The Morgan fingerprint density at radius 3 is 0.333 bits per heavy atom. The Balaban J connectivity index is 0. The van der Waals surface area contributed by atoms with E-state index < -0.39 is 0 Å². The molecule has 0 nitrogen and oxygen atoms in total. The van der Waals surface area contributed by atoms with Crippen molar-refractivity contribution in [2.24, 2.45) is 0 Å². The molecule has 0 aliphatic heterocycles. The zero-order chi connectivity index (χ0) is 0. The van der Waals surface area contributed by atoms with Crippen LogP contribution in [-0.2, 0) is 52.4 Å². The van der Waals surface area contributed by atoms with Gasteiger partial charge in [-0.3, -0.25) is 0 Å². The molecule has 0 aromatic rings. The predicted octanol–water partition coefficient (Wildman–Crippen LogP) is -12.0. The van der Waals surface area contributed by atoms with Gasteiger partial charge >= 0.3 is 52.4 Å². The van der Waals surface area contributed by atoms with Crippen molar-refractivity contribution in [3.8, 4) is 0 Å². The molecule has 0 spiro atoms. The van der Waals surface area contributed by atoms with Gasteiger partial charge in [0.2, 0.25) is 0 Å². The van der Waals surface area contributed by atoms with E-state index in [-0.39, 0.29) is 148 Å². The summed E-state index contributed by atoms with van der Waals surface area (Å²) in [4.78, 5) is 0. The van der Waals surface area contributed by atoms with E-state index in [9.17, 15) is 0 Å². The Morgan fingerprint density at radius 1 is 0.333 bits per heavy atom. The molecule has 0 amide bonds. The summed E-state index contributed by atoms with van der Waals surface area (Å²) in [6, 6.07) is 0. The topological polar surface area (TPSA) is 0 Å². The van der Waals surface area contributed by atoms with E-state index in [1.807, 2.05) is 0 Å². The normalized spacial score (nSPS) is 0. The van der Waals surface area contributed by atoms with E-state index in [0.29, 0.717) is 0 Å². The molecule has 0 fully saturated rings. The van der Waals surface area contributed by atoms with Crippen molar-refractivity contribution in [2.75, 3.05) is 0 Å². The van der Waals surface area contributed by atoms with Crippen molar-refractivity contribution in [1.29, 1.82) is 0 Å². The molecule has 0 saturated heterocycles. The molecule has 0 aromatic carbocycles. The maximum Gasteiger partial charge on any atom is 2.00 e. The summed E-state index contributed by atoms with van der Waals surface area (Å²) in [6.07, 6.45) is 0. The largest absolute Gasteiger partial charge is 2.00 e. The summed E-state index contributed by atoms with van der Waals surface area (Å²) in [5, 5.41) is 0. The summed E-state index contributed by atoms with van der Waals surface area (Å²) in [7, 11) is 0. The van der Waals surface area contributed by atoms with E-state index in [1.165, 1.54) is 0 Å². The molecule has 0 bridgehead atoms.